The zero-order chi connectivity index (χ0) is 24.7. The molecule has 0 aliphatic rings. The van der Waals surface area contributed by atoms with Crippen LogP contribution in [-0.2, 0) is 16.0 Å². The minimum absolute atomic E-state index is 0.0603. The number of hydrogen-bond acceptors (Lipinski definition) is 4. The van der Waals surface area contributed by atoms with E-state index in [4.69, 9.17) is 16.3 Å². The number of benzene rings is 2. The maximum atomic E-state index is 13.5. The molecule has 0 saturated heterocycles. The standard InChI is InChI=1S/C23H20ClF4N3O3/c24-22-14(2-1-3-18(22)26)5-7-21(32)31(13-19(27)28)8-9-34-23(33)30-20-11-16-10-17(25)6-4-15(16)12-29-20/h1-4,6,10-12,19H,5,7-9,13H2,(H,29,30,33). The van der Waals surface area contributed by atoms with E-state index in [9.17, 15) is 27.2 Å². The second kappa shape index (κ2) is 11.6. The lowest BCUT2D eigenvalue weighted by atomic mass is 10.1. The van der Waals surface area contributed by atoms with Crippen LogP contribution in [0.3, 0.4) is 0 Å². The van der Waals surface area contributed by atoms with Gasteiger partial charge in [0.05, 0.1) is 18.1 Å². The number of rotatable bonds is 9. The van der Waals surface area contributed by atoms with Gasteiger partial charge in [0.25, 0.3) is 6.43 Å². The number of pyridine rings is 1. The number of carbonyl (C=O) groups is 2. The summed E-state index contributed by atoms with van der Waals surface area (Å²) < 4.78 is 57.7. The highest BCUT2D eigenvalue weighted by Crippen LogP contribution is 2.21. The molecule has 6 nitrogen and oxygen atoms in total. The second-order valence-electron chi connectivity index (χ2n) is 7.27. The molecule has 180 valence electrons. The topological polar surface area (TPSA) is 71.5 Å². The van der Waals surface area contributed by atoms with E-state index < -0.39 is 36.6 Å². The molecule has 0 atom stereocenters. The SMILES string of the molecule is O=C(Nc1cc2cc(F)ccc2cn1)OCCN(CC(F)F)C(=O)CCc1cccc(F)c1Cl. The highest BCUT2D eigenvalue weighted by molar-refractivity contribution is 6.31. The smallest absolute Gasteiger partial charge is 0.412 e. The molecule has 0 fully saturated rings. The Morgan fingerprint density at radius 2 is 1.91 bits per heavy atom. The van der Waals surface area contributed by atoms with Crippen molar-refractivity contribution in [3.05, 3.63) is 70.9 Å². The normalized spacial score (nSPS) is 11.0. The minimum Gasteiger partial charge on any atom is -0.447 e. The summed E-state index contributed by atoms with van der Waals surface area (Å²) in [6.45, 7) is -1.48. The van der Waals surface area contributed by atoms with E-state index in [2.05, 4.69) is 10.3 Å². The van der Waals surface area contributed by atoms with E-state index >= 15 is 0 Å². The summed E-state index contributed by atoms with van der Waals surface area (Å²) in [6, 6.07) is 9.69. The Labute approximate surface area is 197 Å². The van der Waals surface area contributed by atoms with Crippen LogP contribution in [0.5, 0.6) is 0 Å². The Balaban J connectivity index is 1.52. The molecule has 0 bridgehead atoms. The summed E-state index contributed by atoms with van der Waals surface area (Å²) in [4.78, 5) is 29.3. The quantitative estimate of drug-likeness (QED) is 0.400. The number of nitrogens with one attached hydrogen (secondary N) is 1. The van der Waals surface area contributed by atoms with Crippen LogP contribution in [0, 0.1) is 11.6 Å². The van der Waals surface area contributed by atoms with Crippen LogP contribution < -0.4 is 5.32 Å². The number of fused-ring (bicyclic) bond motifs is 1. The number of hydrogen-bond donors (Lipinski definition) is 1. The molecule has 0 aliphatic carbocycles. The third-order valence-corrected chi connectivity index (χ3v) is 5.28. The Hall–Kier alpha value is -3.40. The van der Waals surface area contributed by atoms with E-state index in [0.29, 0.717) is 16.3 Å². The van der Waals surface area contributed by atoms with Crippen LogP contribution in [0.1, 0.15) is 12.0 Å². The fourth-order valence-electron chi connectivity index (χ4n) is 3.20. The monoisotopic (exact) mass is 497 g/mol. The molecule has 0 aliphatic heterocycles. The van der Waals surface area contributed by atoms with Crippen molar-refractivity contribution in [2.75, 3.05) is 25.0 Å². The Morgan fingerprint density at radius 1 is 1.12 bits per heavy atom. The van der Waals surface area contributed by atoms with Crippen LogP contribution in [-0.4, -0.2) is 48.0 Å². The number of nitrogens with zero attached hydrogens (tertiary/aromatic N) is 2. The molecule has 11 heteroatoms. The van der Waals surface area contributed by atoms with Gasteiger partial charge in [0.15, 0.2) is 0 Å². The van der Waals surface area contributed by atoms with E-state index in [0.717, 1.165) is 4.90 Å². The van der Waals surface area contributed by atoms with Gasteiger partial charge in [-0.1, -0.05) is 23.7 Å². The number of amides is 2. The van der Waals surface area contributed by atoms with Crippen molar-refractivity contribution < 1.29 is 31.9 Å². The number of aryl methyl sites for hydroxylation is 1. The average molecular weight is 498 g/mol. The number of alkyl halides is 2. The van der Waals surface area contributed by atoms with Gasteiger partial charge in [0, 0.05) is 18.0 Å². The van der Waals surface area contributed by atoms with E-state index in [1.54, 1.807) is 6.07 Å². The highest BCUT2D eigenvalue weighted by atomic mass is 35.5. The first-order valence-electron chi connectivity index (χ1n) is 10.2. The van der Waals surface area contributed by atoms with Gasteiger partial charge < -0.3 is 9.64 Å². The summed E-state index contributed by atoms with van der Waals surface area (Å²) >= 11 is 5.86. The van der Waals surface area contributed by atoms with Crippen molar-refractivity contribution in [1.29, 1.82) is 0 Å². The van der Waals surface area contributed by atoms with Crippen LogP contribution >= 0.6 is 11.6 Å². The van der Waals surface area contributed by atoms with Crippen LogP contribution in [0.4, 0.5) is 28.2 Å². The number of anilines is 1. The predicted octanol–water partition coefficient (Wildman–Crippen LogP) is 5.44. The number of ether oxygens (including phenoxy) is 1. The third-order valence-electron chi connectivity index (χ3n) is 4.86. The molecule has 0 unspecified atom stereocenters. The molecule has 1 N–H and O–H groups in total. The second-order valence-corrected chi connectivity index (χ2v) is 7.64. The van der Waals surface area contributed by atoms with Crippen molar-refractivity contribution in [1.82, 2.24) is 9.88 Å². The Morgan fingerprint density at radius 3 is 2.68 bits per heavy atom. The minimum atomic E-state index is -2.79. The van der Waals surface area contributed by atoms with Gasteiger partial charge in [0.2, 0.25) is 5.91 Å². The molecule has 0 radical (unpaired) electrons. The first-order valence-corrected chi connectivity index (χ1v) is 10.6. The number of carbonyl (C=O) groups excluding carboxylic acids is 2. The van der Waals surface area contributed by atoms with Gasteiger partial charge in [-0.15, -0.1) is 0 Å². The van der Waals surface area contributed by atoms with Gasteiger partial charge in [-0.2, -0.15) is 0 Å². The van der Waals surface area contributed by atoms with Crippen molar-refractivity contribution in [2.24, 2.45) is 0 Å². The summed E-state index contributed by atoms with van der Waals surface area (Å²) in [7, 11) is 0. The van der Waals surface area contributed by atoms with Gasteiger partial charge in [0.1, 0.15) is 24.1 Å². The predicted molar refractivity (Wildman–Crippen MR) is 119 cm³/mol. The van der Waals surface area contributed by atoms with E-state index in [-0.39, 0.29) is 36.8 Å². The van der Waals surface area contributed by atoms with E-state index in [1.165, 1.54) is 42.6 Å². The maximum Gasteiger partial charge on any atom is 0.412 e. The summed E-state index contributed by atoms with van der Waals surface area (Å²) in [5.74, 6) is -1.60. The first kappa shape index (κ1) is 25.2. The lowest BCUT2D eigenvalue weighted by Crippen LogP contribution is -2.38. The fraction of sp³-hybridized carbons (Fsp3) is 0.261. The first-order chi connectivity index (χ1) is 16.2. The van der Waals surface area contributed by atoms with E-state index in [1.807, 2.05) is 0 Å². The van der Waals surface area contributed by atoms with Crippen molar-refractivity contribution in [2.45, 2.75) is 19.3 Å². The van der Waals surface area contributed by atoms with Gasteiger partial charge in [-0.3, -0.25) is 10.1 Å². The fourth-order valence-corrected chi connectivity index (χ4v) is 3.42. The number of aromatic nitrogens is 1. The molecule has 34 heavy (non-hydrogen) atoms. The lowest BCUT2D eigenvalue weighted by molar-refractivity contribution is -0.133. The summed E-state index contributed by atoms with van der Waals surface area (Å²) in [5.41, 5.74) is 0.380. The molecule has 1 heterocycles. The molecule has 0 saturated carbocycles. The molecule has 2 amide bonds. The molecule has 2 aromatic carbocycles. The zero-order valence-corrected chi connectivity index (χ0v) is 18.5. The van der Waals surface area contributed by atoms with Gasteiger partial charge in [-0.05, 0) is 47.7 Å². The molecule has 0 spiro atoms. The van der Waals surface area contributed by atoms with Crippen molar-refractivity contribution in [3.63, 3.8) is 0 Å². The molecular formula is C23H20ClF4N3O3. The summed E-state index contributed by atoms with van der Waals surface area (Å²) in [5, 5.41) is 3.41. The van der Waals surface area contributed by atoms with Crippen LogP contribution in [0.15, 0.2) is 48.7 Å². The Bertz CT molecular complexity index is 1180. The number of halogens is 5. The maximum absolute atomic E-state index is 13.5. The lowest BCUT2D eigenvalue weighted by Gasteiger charge is -2.22. The third kappa shape index (κ3) is 7.05. The molecule has 1 aromatic heterocycles. The molecule has 3 aromatic rings. The average Bonchev–Trinajstić information content (AvgIpc) is 2.78. The molecular weight excluding hydrogens is 478 g/mol. The van der Waals surface area contributed by atoms with Crippen molar-refractivity contribution in [3.8, 4) is 0 Å². The molecule has 3 rings (SSSR count). The van der Waals surface area contributed by atoms with Crippen molar-refractivity contribution >= 4 is 40.2 Å². The highest BCUT2D eigenvalue weighted by Gasteiger charge is 2.19. The Kier molecular flexibility index (Phi) is 8.64. The summed E-state index contributed by atoms with van der Waals surface area (Å²) in [6.07, 6.45) is -2.39. The van der Waals surface area contributed by atoms with Crippen LogP contribution in [0.2, 0.25) is 5.02 Å². The zero-order valence-electron chi connectivity index (χ0n) is 17.7. The largest absolute Gasteiger partial charge is 0.447 e. The van der Waals surface area contributed by atoms with Gasteiger partial charge >= 0.3 is 6.09 Å². The van der Waals surface area contributed by atoms with Gasteiger partial charge in [-0.25, -0.2) is 27.3 Å². The van der Waals surface area contributed by atoms with Crippen LogP contribution in [0.25, 0.3) is 10.8 Å².